The number of carbonyl (C=O) groups excluding carboxylic acids is 3. The molecule has 2 N–H and O–H groups in total. The molecule has 0 spiro atoms. The predicted molar refractivity (Wildman–Crippen MR) is 92.6 cm³/mol. The Kier molecular flexibility index (Phi) is 5.84. The third kappa shape index (κ3) is 4.87. The summed E-state index contributed by atoms with van der Waals surface area (Å²) in [5.41, 5.74) is 0.995. The number of nitrogens with one attached hydrogen (secondary N) is 2. The van der Waals surface area contributed by atoms with Crippen LogP contribution in [0.5, 0.6) is 0 Å². The van der Waals surface area contributed by atoms with Gasteiger partial charge in [-0.25, -0.2) is 9.78 Å². The molecule has 0 radical (unpaired) electrons. The van der Waals surface area contributed by atoms with E-state index in [4.69, 9.17) is 0 Å². The van der Waals surface area contributed by atoms with Gasteiger partial charge in [0.2, 0.25) is 0 Å². The topological polar surface area (TPSA) is 97.4 Å². The highest BCUT2D eigenvalue weighted by Gasteiger charge is 2.14. The SMILES string of the molecule is COC(=O)c1cccc(NC(=O)c2cccc(C(=O)NC(C)C)n2)c1. The number of carbonyl (C=O) groups is 3. The van der Waals surface area contributed by atoms with Gasteiger partial charge >= 0.3 is 5.97 Å². The van der Waals surface area contributed by atoms with E-state index in [2.05, 4.69) is 20.4 Å². The normalized spacial score (nSPS) is 10.2. The lowest BCUT2D eigenvalue weighted by molar-refractivity contribution is 0.0600. The van der Waals surface area contributed by atoms with Crippen molar-refractivity contribution in [1.82, 2.24) is 10.3 Å². The van der Waals surface area contributed by atoms with Crippen LogP contribution in [0.3, 0.4) is 0 Å². The number of aromatic nitrogens is 1. The summed E-state index contributed by atoms with van der Waals surface area (Å²) in [6.45, 7) is 3.67. The summed E-state index contributed by atoms with van der Waals surface area (Å²) in [7, 11) is 1.28. The molecule has 25 heavy (non-hydrogen) atoms. The van der Waals surface area contributed by atoms with Crippen LogP contribution in [0.4, 0.5) is 5.69 Å². The highest BCUT2D eigenvalue weighted by Crippen LogP contribution is 2.13. The molecule has 0 fully saturated rings. The maximum absolute atomic E-state index is 12.3. The number of pyridine rings is 1. The van der Waals surface area contributed by atoms with Gasteiger partial charge in [0, 0.05) is 11.7 Å². The number of benzene rings is 1. The van der Waals surface area contributed by atoms with Crippen LogP contribution < -0.4 is 10.6 Å². The molecule has 1 aromatic heterocycles. The van der Waals surface area contributed by atoms with Crippen molar-refractivity contribution in [3.63, 3.8) is 0 Å². The third-order valence-electron chi connectivity index (χ3n) is 3.18. The maximum Gasteiger partial charge on any atom is 0.337 e. The first-order chi connectivity index (χ1) is 11.9. The van der Waals surface area contributed by atoms with Crippen molar-refractivity contribution < 1.29 is 19.1 Å². The molecule has 0 saturated heterocycles. The fourth-order valence-electron chi connectivity index (χ4n) is 2.06. The van der Waals surface area contributed by atoms with E-state index in [1.54, 1.807) is 24.3 Å². The van der Waals surface area contributed by atoms with Gasteiger partial charge < -0.3 is 15.4 Å². The molecule has 1 heterocycles. The van der Waals surface area contributed by atoms with Crippen molar-refractivity contribution in [2.45, 2.75) is 19.9 Å². The molecule has 1 aromatic carbocycles. The number of amides is 2. The van der Waals surface area contributed by atoms with Crippen LogP contribution in [-0.2, 0) is 4.74 Å². The van der Waals surface area contributed by atoms with E-state index in [1.807, 2.05) is 13.8 Å². The number of ether oxygens (including phenoxy) is 1. The van der Waals surface area contributed by atoms with Gasteiger partial charge in [0.25, 0.3) is 11.8 Å². The van der Waals surface area contributed by atoms with Crippen LogP contribution in [-0.4, -0.2) is 35.9 Å². The van der Waals surface area contributed by atoms with Crippen LogP contribution in [0.15, 0.2) is 42.5 Å². The van der Waals surface area contributed by atoms with E-state index in [0.29, 0.717) is 11.3 Å². The Balaban J connectivity index is 2.16. The Morgan fingerprint density at radius 3 is 2.28 bits per heavy atom. The number of hydrogen-bond donors (Lipinski definition) is 2. The van der Waals surface area contributed by atoms with Crippen molar-refractivity contribution in [2.24, 2.45) is 0 Å². The van der Waals surface area contributed by atoms with Gasteiger partial charge in [0.1, 0.15) is 11.4 Å². The van der Waals surface area contributed by atoms with Gasteiger partial charge in [-0.15, -0.1) is 0 Å². The maximum atomic E-state index is 12.3. The molecule has 2 aromatic rings. The summed E-state index contributed by atoms with van der Waals surface area (Å²) >= 11 is 0. The molecule has 0 unspecified atom stereocenters. The summed E-state index contributed by atoms with van der Waals surface area (Å²) in [5.74, 6) is -1.33. The fraction of sp³-hybridized carbons (Fsp3) is 0.222. The van der Waals surface area contributed by atoms with Crippen LogP contribution in [0.25, 0.3) is 0 Å². The summed E-state index contributed by atoms with van der Waals surface area (Å²) in [4.78, 5) is 39.9. The van der Waals surface area contributed by atoms with E-state index < -0.39 is 11.9 Å². The van der Waals surface area contributed by atoms with Gasteiger partial charge in [-0.3, -0.25) is 9.59 Å². The van der Waals surface area contributed by atoms with Gasteiger partial charge in [0.15, 0.2) is 0 Å². The average Bonchev–Trinajstić information content (AvgIpc) is 2.60. The first kappa shape index (κ1) is 18.1. The quantitative estimate of drug-likeness (QED) is 0.813. The minimum absolute atomic E-state index is 0.0344. The summed E-state index contributed by atoms with van der Waals surface area (Å²) in [6.07, 6.45) is 0. The third-order valence-corrected chi connectivity index (χ3v) is 3.18. The summed E-state index contributed by atoms with van der Waals surface area (Å²) in [6, 6.07) is 10.9. The van der Waals surface area contributed by atoms with Crippen LogP contribution in [0, 0.1) is 0 Å². The first-order valence-electron chi connectivity index (χ1n) is 7.68. The molecular weight excluding hydrogens is 322 g/mol. The minimum Gasteiger partial charge on any atom is -0.465 e. The van der Waals surface area contributed by atoms with E-state index in [-0.39, 0.29) is 23.3 Å². The molecule has 2 amide bonds. The van der Waals surface area contributed by atoms with Gasteiger partial charge in [0.05, 0.1) is 12.7 Å². The molecule has 0 aliphatic rings. The lowest BCUT2D eigenvalue weighted by Crippen LogP contribution is -2.31. The largest absolute Gasteiger partial charge is 0.465 e. The Bertz CT molecular complexity index is 802. The van der Waals surface area contributed by atoms with E-state index in [0.717, 1.165) is 0 Å². The predicted octanol–water partition coefficient (Wildman–Crippen LogP) is 2.26. The number of hydrogen-bond acceptors (Lipinski definition) is 5. The van der Waals surface area contributed by atoms with Gasteiger partial charge in [-0.05, 0) is 44.2 Å². The molecule has 0 aliphatic carbocycles. The second kappa shape index (κ2) is 8.05. The highest BCUT2D eigenvalue weighted by atomic mass is 16.5. The van der Waals surface area contributed by atoms with Crippen molar-refractivity contribution in [2.75, 3.05) is 12.4 Å². The van der Waals surface area contributed by atoms with E-state index in [1.165, 1.54) is 25.3 Å². The number of anilines is 1. The number of rotatable bonds is 5. The summed E-state index contributed by atoms with van der Waals surface area (Å²) in [5, 5.41) is 5.36. The fourth-order valence-corrected chi connectivity index (χ4v) is 2.06. The zero-order chi connectivity index (χ0) is 18.4. The van der Waals surface area contributed by atoms with E-state index in [9.17, 15) is 14.4 Å². The Morgan fingerprint density at radius 2 is 1.64 bits per heavy atom. The van der Waals surface area contributed by atoms with Crippen molar-refractivity contribution in [3.05, 3.63) is 59.4 Å². The zero-order valence-electron chi connectivity index (χ0n) is 14.2. The van der Waals surface area contributed by atoms with E-state index >= 15 is 0 Å². The molecule has 2 rings (SSSR count). The number of methoxy groups -OCH3 is 1. The van der Waals surface area contributed by atoms with Gasteiger partial charge in [-0.1, -0.05) is 12.1 Å². The molecule has 130 valence electrons. The average molecular weight is 341 g/mol. The molecule has 0 aliphatic heterocycles. The van der Waals surface area contributed by atoms with Crippen LogP contribution in [0.1, 0.15) is 45.2 Å². The van der Waals surface area contributed by atoms with Crippen LogP contribution >= 0.6 is 0 Å². The second-order valence-corrected chi connectivity index (χ2v) is 5.56. The minimum atomic E-state index is -0.499. The molecular formula is C18H19N3O4. The Hall–Kier alpha value is -3.22. The Labute approximate surface area is 145 Å². The van der Waals surface area contributed by atoms with Crippen molar-refractivity contribution in [1.29, 1.82) is 0 Å². The molecule has 7 heteroatoms. The lowest BCUT2D eigenvalue weighted by atomic mass is 10.2. The lowest BCUT2D eigenvalue weighted by Gasteiger charge is -2.09. The van der Waals surface area contributed by atoms with Gasteiger partial charge in [-0.2, -0.15) is 0 Å². The van der Waals surface area contributed by atoms with Crippen molar-refractivity contribution in [3.8, 4) is 0 Å². The van der Waals surface area contributed by atoms with Crippen LogP contribution in [0.2, 0.25) is 0 Å². The number of nitrogens with zero attached hydrogens (tertiary/aromatic N) is 1. The standard InChI is InChI=1S/C18H19N3O4/c1-11(2)19-16(22)14-8-5-9-15(21-14)17(23)20-13-7-4-6-12(10-13)18(24)25-3/h4-11H,1-3H3,(H,19,22)(H,20,23). The highest BCUT2D eigenvalue weighted by molar-refractivity contribution is 6.04. The smallest absolute Gasteiger partial charge is 0.337 e. The Morgan fingerprint density at radius 1 is 1.00 bits per heavy atom. The molecule has 0 saturated carbocycles. The molecule has 7 nitrogen and oxygen atoms in total. The zero-order valence-corrected chi connectivity index (χ0v) is 14.2. The van der Waals surface area contributed by atoms with Crippen molar-refractivity contribution >= 4 is 23.5 Å². The first-order valence-corrected chi connectivity index (χ1v) is 7.68. The monoisotopic (exact) mass is 341 g/mol. The second-order valence-electron chi connectivity index (χ2n) is 5.56. The molecule has 0 atom stereocenters. The number of esters is 1. The summed E-state index contributed by atoms with van der Waals surface area (Å²) < 4.78 is 4.65. The molecule has 0 bridgehead atoms.